The van der Waals surface area contributed by atoms with E-state index in [4.69, 9.17) is 5.11 Å². The second-order valence-electron chi connectivity index (χ2n) is 6.03. The van der Waals surface area contributed by atoms with Crippen molar-refractivity contribution in [3.8, 4) is 0 Å². The molecule has 6 nitrogen and oxygen atoms in total. The molecule has 3 rings (SSSR count). The molecule has 0 spiro atoms. The smallest absolute Gasteiger partial charge is 0.329 e. The molecular formula is C17H16F2N2O4. The summed E-state index contributed by atoms with van der Waals surface area (Å²) in [5, 5.41) is 9.74. The molecule has 25 heavy (non-hydrogen) atoms. The molecule has 1 N–H and O–H groups in total. The highest BCUT2D eigenvalue weighted by Gasteiger charge is 2.49. The first kappa shape index (κ1) is 17.1. The van der Waals surface area contributed by atoms with Crippen LogP contribution in [-0.4, -0.2) is 57.2 Å². The van der Waals surface area contributed by atoms with Crippen LogP contribution in [0, 0.1) is 0 Å². The molecule has 2 heterocycles. The summed E-state index contributed by atoms with van der Waals surface area (Å²) in [5.41, 5.74) is 1.03. The number of carboxylic acid groups (broad SMARTS) is 1. The zero-order chi connectivity index (χ0) is 18.3. The number of para-hydroxylation sites is 1. The zero-order valence-corrected chi connectivity index (χ0v) is 13.4. The number of alkyl halides is 2. The summed E-state index contributed by atoms with van der Waals surface area (Å²) >= 11 is 0. The first-order chi connectivity index (χ1) is 11.8. The molecule has 8 heteroatoms. The second kappa shape index (κ2) is 6.27. The van der Waals surface area contributed by atoms with Crippen molar-refractivity contribution in [2.24, 2.45) is 0 Å². The third kappa shape index (κ3) is 2.88. The molecule has 1 aromatic heterocycles. The molecule has 2 aromatic rings. The van der Waals surface area contributed by atoms with Gasteiger partial charge in [-0.2, -0.15) is 0 Å². The Morgan fingerprint density at radius 3 is 2.56 bits per heavy atom. The van der Waals surface area contributed by atoms with Gasteiger partial charge in [0.1, 0.15) is 6.54 Å². The van der Waals surface area contributed by atoms with Gasteiger partial charge in [-0.25, -0.2) is 13.6 Å². The summed E-state index contributed by atoms with van der Waals surface area (Å²) < 4.78 is 28.8. The van der Waals surface area contributed by atoms with Crippen molar-refractivity contribution in [2.45, 2.75) is 31.9 Å². The molecule has 0 saturated carbocycles. The Morgan fingerprint density at radius 1 is 1.24 bits per heavy atom. The number of likely N-dealkylation sites (tertiary alicyclic amines) is 1. The Balaban J connectivity index is 1.92. The molecule has 0 aliphatic carbocycles. The van der Waals surface area contributed by atoms with Crippen LogP contribution in [-0.2, 0) is 16.1 Å². The number of ketones is 1. The third-order valence-electron chi connectivity index (χ3n) is 4.40. The van der Waals surface area contributed by atoms with Crippen LogP contribution in [0.4, 0.5) is 8.78 Å². The number of carbonyl (C=O) groups excluding carboxylic acids is 2. The number of amides is 1. The van der Waals surface area contributed by atoms with Crippen molar-refractivity contribution in [2.75, 3.05) is 6.54 Å². The highest BCUT2D eigenvalue weighted by molar-refractivity contribution is 6.07. The van der Waals surface area contributed by atoms with E-state index in [1.807, 2.05) is 0 Å². The van der Waals surface area contributed by atoms with Gasteiger partial charge >= 0.3 is 5.97 Å². The van der Waals surface area contributed by atoms with Gasteiger partial charge in [0.2, 0.25) is 5.91 Å². The largest absolute Gasteiger partial charge is 0.480 e. The molecular weight excluding hydrogens is 334 g/mol. The number of benzene rings is 1. The van der Waals surface area contributed by atoms with Gasteiger partial charge in [0.05, 0.1) is 6.54 Å². The average Bonchev–Trinajstić information content (AvgIpc) is 3.06. The number of Topliss-reactive ketones (excluding diaryl/α,β-unsaturated/α-hetero) is 1. The first-order valence-corrected chi connectivity index (χ1v) is 7.70. The Labute approximate surface area is 141 Å². The van der Waals surface area contributed by atoms with Crippen molar-refractivity contribution < 1.29 is 28.3 Å². The van der Waals surface area contributed by atoms with Gasteiger partial charge in [0.25, 0.3) is 0 Å². The molecule has 0 unspecified atom stereocenters. The standard InChI is InChI=1S/C17H16F2N2O4/c1-9(22)11-6-20(13-5-3-2-4-10(11)13)8-14(23)21-7-12(18)15(19)16(21)17(24)25/h2-6,12,15-16H,7-8H2,1H3,(H,24,25)/t12-,15+,16-/m0/s1. The van der Waals surface area contributed by atoms with Crippen molar-refractivity contribution in [1.29, 1.82) is 0 Å². The number of halogens is 2. The van der Waals surface area contributed by atoms with E-state index in [1.54, 1.807) is 24.3 Å². The molecule has 1 aliphatic heterocycles. The van der Waals surface area contributed by atoms with Crippen LogP contribution in [0.1, 0.15) is 17.3 Å². The lowest BCUT2D eigenvalue weighted by atomic mass is 10.1. The van der Waals surface area contributed by atoms with E-state index in [-0.39, 0.29) is 12.3 Å². The fourth-order valence-electron chi connectivity index (χ4n) is 3.19. The van der Waals surface area contributed by atoms with Gasteiger partial charge in [-0.05, 0) is 13.0 Å². The number of rotatable bonds is 4. The summed E-state index contributed by atoms with van der Waals surface area (Å²) in [7, 11) is 0. The van der Waals surface area contributed by atoms with Crippen LogP contribution in [0.25, 0.3) is 10.9 Å². The molecule has 3 atom stereocenters. The van der Waals surface area contributed by atoms with Crippen molar-refractivity contribution in [3.05, 3.63) is 36.0 Å². The second-order valence-corrected chi connectivity index (χ2v) is 6.03. The zero-order valence-electron chi connectivity index (χ0n) is 13.4. The van der Waals surface area contributed by atoms with E-state index >= 15 is 0 Å². The summed E-state index contributed by atoms with van der Waals surface area (Å²) in [4.78, 5) is 36.1. The van der Waals surface area contributed by atoms with E-state index in [2.05, 4.69) is 0 Å². The van der Waals surface area contributed by atoms with Crippen molar-refractivity contribution in [3.63, 3.8) is 0 Å². The molecule has 132 valence electrons. The fraction of sp³-hybridized carbons (Fsp3) is 0.353. The maximum Gasteiger partial charge on any atom is 0.329 e. The molecule has 0 radical (unpaired) electrons. The summed E-state index contributed by atoms with van der Waals surface area (Å²) in [6, 6.07) is 5.10. The minimum Gasteiger partial charge on any atom is -0.480 e. The van der Waals surface area contributed by atoms with Crippen LogP contribution < -0.4 is 0 Å². The van der Waals surface area contributed by atoms with E-state index < -0.39 is 36.8 Å². The number of fused-ring (bicyclic) bond motifs is 1. The number of hydrogen-bond acceptors (Lipinski definition) is 3. The number of nitrogens with zero attached hydrogens (tertiary/aromatic N) is 2. The maximum absolute atomic E-state index is 13.7. The van der Waals surface area contributed by atoms with Gasteiger partial charge in [-0.1, -0.05) is 18.2 Å². The van der Waals surface area contributed by atoms with Gasteiger partial charge in [0, 0.05) is 22.7 Å². The fourth-order valence-corrected chi connectivity index (χ4v) is 3.19. The molecule has 1 aromatic carbocycles. The normalized spacial score (nSPS) is 23.2. The minimum atomic E-state index is -2.25. The van der Waals surface area contributed by atoms with E-state index in [9.17, 15) is 23.2 Å². The highest BCUT2D eigenvalue weighted by Crippen LogP contribution is 2.26. The number of aliphatic carboxylic acids is 1. The first-order valence-electron chi connectivity index (χ1n) is 7.70. The number of hydrogen-bond donors (Lipinski definition) is 1. The predicted molar refractivity (Wildman–Crippen MR) is 84.9 cm³/mol. The predicted octanol–water partition coefficient (Wildman–Crippen LogP) is 1.82. The van der Waals surface area contributed by atoms with Gasteiger partial charge in [-0.15, -0.1) is 0 Å². The van der Waals surface area contributed by atoms with Crippen molar-refractivity contribution in [1.82, 2.24) is 9.47 Å². The molecule has 1 saturated heterocycles. The van der Waals surface area contributed by atoms with E-state index in [0.717, 1.165) is 0 Å². The third-order valence-corrected chi connectivity index (χ3v) is 4.40. The monoisotopic (exact) mass is 350 g/mol. The number of carbonyl (C=O) groups is 3. The summed E-state index contributed by atoms with van der Waals surface area (Å²) in [6.45, 7) is 0.489. The Kier molecular flexibility index (Phi) is 4.28. The maximum atomic E-state index is 13.7. The molecule has 1 fully saturated rings. The van der Waals surface area contributed by atoms with Crippen LogP contribution in [0.2, 0.25) is 0 Å². The summed E-state index contributed by atoms with van der Waals surface area (Å²) in [6.07, 6.45) is -2.79. The molecule has 1 amide bonds. The number of aromatic nitrogens is 1. The van der Waals surface area contributed by atoms with Crippen LogP contribution in [0.5, 0.6) is 0 Å². The highest BCUT2D eigenvalue weighted by atomic mass is 19.2. The molecule has 0 bridgehead atoms. The van der Waals surface area contributed by atoms with Crippen LogP contribution in [0.15, 0.2) is 30.5 Å². The minimum absolute atomic E-state index is 0.181. The summed E-state index contributed by atoms with van der Waals surface area (Å²) in [5.74, 6) is -2.48. The molecule has 1 aliphatic rings. The van der Waals surface area contributed by atoms with E-state index in [0.29, 0.717) is 21.4 Å². The van der Waals surface area contributed by atoms with Crippen molar-refractivity contribution >= 4 is 28.6 Å². The Bertz CT molecular complexity index is 863. The van der Waals surface area contributed by atoms with Gasteiger partial charge < -0.3 is 14.6 Å². The SMILES string of the molecule is CC(=O)c1cn(CC(=O)N2C[C@H](F)[C@@H](F)[C@H]2C(=O)O)c2ccccc12. The quantitative estimate of drug-likeness (QED) is 0.853. The Morgan fingerprint density at radius 2 is 1.92 bits per heavy atom. The Hall–Kier alpha value is -2.77. The van der Waals surface area contributed by atoms with Gasteiger partial charge in [-0.3, -0.25) is 9.59 Å². The van der Waals surface area contributed by atoms with Crippen LogP contribution in [0.3, 0.4) is 0 Å². The average molecular weight is 350 g/mol. The van der Waals surface area contributed by atoms with Crippen LogP contribution >= 0.6 is 0 Å². The lowest BCUT2D eigenvalue weighted by Crippen LogP contribution is -2.45. The lowest BCUT2D eigenvalue weighted by Gasteiger charge is -2.22. The topological polar surface area (TPSA) is 79.6 Å². The van der Waals surface area contributed by atoms with Gasteiger partial charge in [0.15, 0.2) is 24.2 Å². The number of carboxylic acids is 1. The lowest BCUT2D eigenvalue weighted by molar-refractivity contribution is -0.150. The van der Waals surface area contributed by atoms with E-state index in [1.165, 1.54) is 17.7 Å².